The number of fused-ring (bicyclic) bond motifs is 1. The number of aromatic carboxylic acids is 1. The van der Waals surface area contributed by atoms with Crippen molar-refractivity contribution in [1.29, 1.82) is 0 Å². The molecule has 23 heavy (non-hydrogen) atoms. The number of carboxylic acids is 1. The Morgan fingerprint density at radius 3 is 2.26 bits per heavy atom. The number of ether oxygens (including phenoxy) is 2. The Bertz CT molecular complexity index is 838. The molecule has 4 nitrogen and oxygen atoms in total. The summed E-state index contributed by atoms with van der Waals surface area (Å²) in [5.74, 6) is 0.137. The zero-order valence-corrected chi connectivity index (χ0v) is 12.7. The number of rotatable bonds is 5. The van der Waals surface area contributed by atoms with Crippen molar-refractivity contribution in [3.63, 3.8) is 0 Å². The lowest BCUT2D eigenvalue weighted by atomic mass is 10.1. The van der Waals surface area contributed by atoms with Crippen LogP contribution in [-0.4, -0.2) is 18.2 Å². The van der Waals surface area contributed by atoms with Gasteiger partial charge in [0.1, 0.15) is 23.7 Å². The third kappa shape index (κ3) is 3.26. The van der Waals surface area contributed by atoms with Gasteiger partial charge in [0, 0.05) is 0 Å². The molecule has 0 fully saturated rings. The maximum atomic E-state index is 11.5. The minimum absolute atomic E-state index is 0.164. The summed E-state index contributed by atoms with van der Waals surface area (Å²) in [6, 6.07) is 18.5. The van der Waals surface area contributed by atoms with Gasteiger partial charge in [-0.2, -0.15) is 0 Å². The zero-order valence-electron chi connectivity index (χ0n) is 12.7. The lowest BCUT2D eigenvalue weighted by Gasteiger charge is -2.11. The minimum Gasteiger partial charge on any atom is -0.497 e. The lowest BCUT2D eigenvalue weighted by Crippen LogP contribution is -2.03. The highest BCUT2D eigenvalue weighted by molar-refractivity contribution is 5.97. The van der Waals surface area contributed by atoms with Gasteiger partial charge in [-0.15, -0.1) is 0 Å². The molecule has 0 bridgehead atoms. The predicted molar refractivity (Wildman–Crippen MR) is 88.2 cm³/mol. The fraction of sp³-hybridized carbons (Fsp3) is 0.105. The minimum atomic E-state index is -1.000. The quantitative estimate of drug-likeness (QED) is 0.770. The second kappa shape index (κ2) is 6.40. The Morgan fingerprint density at radius 1 is 1.00 bits per heavy atom. The Morgan fingerprint density at radius 2 is 1.65 bits per heavy atom. The van der Waals surface area contributed by atoms with Gasteiger partial charge in [-0.1, -0.05) is 36.4 Å². The third-order valence-corrected chi connectivity index (χ3v) is 3.63. The van der Waals surface area contributed by atoms with Crippen LogP contribution in [0.2, 0.25) is 0 Å². The van der Waals surface area contributed by atoms with Crippen molar-refractivity contribution in [2.24, 2.45) is 0 Å². The van der Waals surface area contributed by atoms with E-state index in [0.29, 0.717) is 12.4 Å². The summed E-state index contributed by atoms with van der Waals surface area (Å²) >= 11 is 0. The van der Waals surface area contributed by atoms with E-state index >= 15 is 0 Å². The molecular weight excluding hydrogens is 292 g/mol. The number of hydrogen-bond donors (Lipinski definition) is 1. The van der Waals surface area contributed by atoms with E-state index in [1.165, 1.54) is 0 Å². The molecule has 3 aromatic carbocycles. The van der Waals surface area contributed by atoms with Crippen molar-refractivity contribution in [3.8, 4) is 11.5 Å². The van der Waals surface area contributed by atoms with Gasteiger partial charge in [0.25, 0.3) is 0 Å². The number of methoxy groups -OCH3 is 1. The molecule has 3 rings (SSSR count). The van der Waals surface area contributed by atoms with Crippen LogP contribution in [0.1, 0.15) is 15.9 Å². The van der Waals surface area contributed by atoms with Crippen molar-refractivity contribution in [2.75, 3.05) is 7.11 Å². The van der Waals surface area contributed by atoms with E-state index in [1.807, 2.05) is 48.5 Å². The maximum absolute atomic E-state index is 11.5. The van der Waals surface area contributed by atoms with Gasteiger partial charge < -0.3 is 14.6 Å². The van der Waals surface area contributed by atoms with Crippen LogP contribution in [0, 0.1) is 0 Å². The molecule has 116 valence electrons. The first-order valence-electron chi connectivity index (χ1n) is 7.19. The maximum Gasteiger partial charge on any atom is 0.339 e. The van der Waals surface area contributed by atoms with Crippen LogP contribution in [0.5, 0.6) is 11.5 Å². The predicted octanol–water partition coefficient (Wildman–Crippen LogP) is 4.13. The van der Waals surface area contributed by atoms with E-state index in [0.717, 1.165) is 22.1 Å². The Hall–Kier alpha value is -3.01. The van der Waals surface area contributed by atoms with Crippen LogP contribution >= 0.6 is 0 Å². The van der Waals surface area contributed by atoms with Crippen molar-refractivity contribution in [1.82, 2.24) is 0 Å². The molecule has 0 saturated heterocycles. The molecule has 0 aromatic heterocycles. The average Bonchev–Trinajstić information content (AvgIpc) is 2.59. The molecule has 0 amide bonds. The highest BCUT2D eigenvalue weighted by Gasteiger charge is 2.13. The molecule has 3 aromatic rings. The van der Waals surface area contributed by atoms with Crippen molar-refractivity contribution in [2.45, 2.75) is 6.61 Å². The molecule has 0 heterocycles. The van der Waals surface area contributed by atoms with Gasteiger partial charge in [-0.05, 0) is 40.6 Å². The van der Waals surface area contributed by atoms with Gasteiger partial charge in [0.05, 0.1) is 7.11 Å². The van der Waals surface area contributed by atoms with E-state index in [4.69, 9.17) is 9.47 Å². The van der Waals surface area contributed by atoms with Gasteiger partial charge in [-0.3, -0.25) is 0 Å². The van der Waals surface area contributed by atoms with E-state index in [9.17, 15) is 9.90 Å². The monoisotopic (exact) mass is 308 g/mol. The first-order valence-corrected chi connectivity index (χ1v) is 7.19. The smallest absolute Gasteiger partial charge is 0.339 e. The molecule has 0 saturated carbocycles. The number of hydrogen-bond acceptors (Lipinski definition) is 3. The molecule has 0 aliphatic carbocycles. The van der Waals surface area contributed by atoms with Crippen LogP contribution in [0.3, 0.4) is 0 Å². The van der Waals surface area contributed by atoms with Crippen molar-refractivity contribution in [3.05, 3.63) is 71.8 Å². The topological polar surface area (TPSA) is 55.8 Å². The Kier molecular flexibility index (Phi) is 4.15. The number of carboxylic acid groups (broad SMARTS) is 1. The molecule has 0 radical (unpaired) electrons. The molecule has 0 unspecified atom stereocenters. The van der Waals surface area contributed by atoms with Crippen LogP contribution in [0.25, 0.3) is 10.8 Å². The molecule has 0 atom stereocenters. The second-order valence-corrected chi connectivity index (χ2v) is 5.14. The van der Waals surface area contributed by atoms with Gasteiger partial charge in [-0.25, -0.2) is 4.79 Å². The molecular formula is C19H16O4. The van der Waals surface area contributed by atoms with E-state index in [2.05, 4.69) is 0 Å². The summed E-state index contributed by atoms with van der Waals surface area (Å²) < 4.78 is 10.9. The normalized spacial score (nSPS) is 10.5. The lowest BCUT2D eigenvalue weighted by molar-refractivity contribution is 0.0692. The summed E-state index contributed by atoms with van der Waals surface area (Å²) in [7, 11) is 1.61. The van der Waals surface area contributed by atoms with E-state index in [1.54, 1.807) is 19.2 Å². The van der Waals surface area contributed by atoms with E-state index < -0.39 is 5.97 Å². The summed E-state index contributed by atoms with van der Waals surface area (Å²) in [6.07, 6.45) is 0. The number of carbonyl (C=O) groups is 1. The summed E-state index contributed by atoms with van der Waals surface area (Å²) in [4.78, 5) is 11.5. The van der Waals surface area contributed by atoms with Gasteiger partial charge in [0.2, 0.25) is 0 Å². The van der Waals surface area contributed by atoms with Crippen LogP contribution in [0.15, 0.2) is 60.7 Å². The first-order chi connectivity index (χ1) is 11.2. The zero-order chi connectivity index (χ0) is 16.2. The van der Waals surface area contributed by atoms with Crippen LogP contribution < -0.4 is 9.47 Å². The average molecular weight is 308 g/mol. The standard InChI is InChI=1S/C19H16O4/c1-22-16-8-6-13(7-9-16)12-23-18-11-15-5-3-2-4-14(15)10-17(18)19(20)21/h2-11H,12H2,1H3,(H,20,21). The first kappa shape index (κ1) is 14.9. The Labute approximate surface area is 133 Å². The molecule has 0 spiro atoms. The van der Waals surface area contributed by atoms with Crippen molar-refractivity contribution >= 4 is 16.7 Å². The fourth-order valence-corrected chi connectivity index (χ4v) is 2.39. The molecule has 1 N–H and O–H groups in total. The third-order valence-electron chi connectivity index (χ3n) is 3.63. The summed E-state index contributed by atoms with van der Waals surface area (Å²) in [5.41, 5.74) is 1.10. The van der Waals surface area contributed by atoms with Gasteiger partial charge in [0.15, 0.2) is 0 Å². The van der Waals surface area contributed by atoms with Crippen LogP contribution in [-0.2, 0) is 6.61 Å². The largest absolute Gasteiger partial charge is 0.497 e. The molecule has 4 heteroatoms. The summed E-state index contributed by atoms with van der Waals surface area (Å²) in [5, 5.41) is 11.2. The fourth-order valence-electron chi connectivity index (χ4n) is 2.39. The van der Waals surface area contributed by atoms with Gasteiger partial charge >= 0.3 is 5.97 Å². The van der Waals surface area contributed by atoms with Crippen LogP contribution in [0.4, 0.5) is 0 Å². The highest BCUT2D eigenvalue weighted by atomic mass is 16.5. The number of benzene rings is 3. The summed E-state index contributed by atoms with van der Waals surface area (Å²) in [6.45, 7) is 0.294. The Balaban J connectivity index is 1.88. The molecule has 0 aliphatic heterocycles. The second-order valence-electron chi connectivity index (χ2n) is 5.14. The van der Waals surface area contributed by atoms with Crippen molar-refractivity contribution < 1.29 is 19.4 Å². The highest BCUT2D eigenvalue weighted by Crippen LogP contribution is 2.27. The molecule has 0 aliphatic rings. The van der Waals surface area contributed by atoms with E-state index in [-0.39, 0.29) is 5.56 Å². The SMILES string of the molecule is COc1ccc(COc2cc3ccccc3cc2C(=O)O)cc1.